The molecule has 120 valence electrons. The van der Waals surface area contributed by atoms with Crippen LogP contribution in [0.2, 0.25) is 0 Å². The number of nitrogens with zero attached hydrogens (tertiary/aromatic N) is 2. The van der Waals surface area contributed by atoms with E-state index in [1.807, 2.05) is 0 Å². The molecule has 0 spiro atoms. The molecule has 2 rings (SSSR count). The van der Waals surface area contributed by atoms with Crippen molar-refractivity contribution in [1.29, 1.82) is 0 Å². The first-order valence-electron chi connectivity index (χ1n) is 6.69. The lowest BCUT2D eigenvalue weighted by Gasteiger charge is -2.11. The number of nitrogens with one attached hydrogen (secondary N) is 1. The summed E-state index contributed by atoms with van der Waals surface area (Å²) in [6.07, 6.45) is 0. The standard InChI is InChI=1S/C15H15N3O5/c1-17-11(8-13(20)18(2)15(17)22)16-12(19)9-23-14(21)10-6-4-3-5-7-10/h3-8H,9H2,1-2H3,(H,16,19). The van der Waals surface area contributed by atoms with E-state index in [0.29, 0.717) is 5.56 Å². The summed E-state index contributed by atoms with van der Waals surface area (Å²) < 4.78 is 6.88. The molecule has 0 aliphatic heterocycles. The zero-order valence-electron chi connectivity index (χ0n) is 12.6. The zero-order chi connectivity index (χ0) is 17.0. The van der Waals surface area contributed by atoms with Crippen molar-refractivity contribution >= 4 is 17.7 Å². The van der Waals surface area contributed by atoms with E-state index in [-0.39, 0.29) is 5.82 Å². The predicted molar refractivity (Wildman–Crippen MR) is 82.3 cm³/mol. The van der Waals surface area contributed by atoms with Crippen molar-refractivity contribution in [1.82, 2.24) is 9.13 Å². The molecule has 1 aromatic heterocycles. The topological polar surface area (TPSA) is 99.4 Å². The van der Waals surface area contributed by atoms with Crippen LogP contribution in [0.4, 0.5) is 5.82 Å². The van der Waals surface area contributed by atoms with Gasteiger partial charge in [0.25, 0.3) is 11.5 Å². The number of carbonyl (C=O) groups excluding carboxylic acids is 2. The van der Waals surface area contributed by atoms with Gasteiger partial charge in [-0.1, -0.05) is 18.2 Å². The van der Waals surface area contributed by atoms with Gasteiger partial charge in [0, 0.05) is 20.2 Å². The Hall–Kier alpha value is -3.16. The third-order valence-corrected chi connectivity index (χ3v) is 3.14. The molecule has 1 amide bonds. The Morgan fingerprint density at radius 3 is 2.39 bits per heavy atom. The lowest BCUT2D eigenvalue weighted by Crippen LogP contribution is -2.38. The minimum atomic E-state index is -0.655. The van der Waals surface area contributed by atoms with Crippen LogP contribution in [0.3, 0.4) is 0 Å². The maximum atomic E-state index is 11.8. The first-order chi connectivity index (χ1) is 10.9. The number of rotatable bonds is 4. The van der Waals surface area contributed by atoms with Crippen molar-refractivity contribution in [3.05, 3.63) is 62.8 Å². The normalized spacial score (nSPS) is 10.2. The van der Waals surface area contributed by atoms with Crippen LogP contribution in [0, 0.1) is 0 Å². The van der Waals surface area contributed by atoms with Crippen LogP contribution in [-0.2, 0) is 23.6 Å². The van der Waals surface area contributed by atoms with E-state index in [4.69, 9.17) is 4.74 Å². The van der Waals surface area contributed by atoms with Crippen molar-refractivity contribution in [2.24, 2.45) is 14.1 Å². The lowest BCUT2D eigenvalue weighted by molar-refractivity contribution is -0.119. The predicted octanol–water partition coefficient (Wildman–Crippen LogP) is -0.121. The lowest BCUT2D eigenvalue weighted by atomic mass is 10.2. The van der Waals surface area contributed by atoms with E-state index in [1.54, 1.807) is 30.3 Å². The average Bonchev–Trinajstić information content (AvgIpc) is 2.56. The molecule has 0 radical (unpaired) electrons. The van der Waals surface area contributed by atoms with Gasteiger partial charge in [-0.25, -0.2) is 9.59 Å². The summed E-state index contributed by atoms with van der Waals surface area (Å²) >= 11 is 0. The number of esters is 1. The maximum Gasteiger partial charge on any atom is 0.338 e. The van der Waals surface area contributed by atoms with Gasteiger partial charge in [0.15, 0.2) is 6.61 Å². The van der Waals surface area contributed by atoms with Crippen LogP contribution < -0.4 is 16.6 Å². The summed E-state index contributed by atoms with van der Waals surface area (Å²) in [7, 11) is 2.74. The number of anilines is 1. The van der Waals surface area contributed by atoms with Crippen LogP contribution >= 0.6 is 0 Å². The van der Waals surface area contributed by atoms with Crippen LogP contribution in [-0.4, -0.2) is 27.6 Å². The van der Waals surface area contributed by atoms with E-state index < -0.39 is 29.7 Å². The molecule has 1 aromatic carbocycles. The van der Waals surface area contributed by atoms with Crippen molar-refractivity contribution in [3.8, 4) is 0 Å². The number of ether oxygens (including phenoxy) is 1. The maximum absolute atomic E-state index is 11.8. The highest BCUT2D eigenvalue weighted by Crippen LogP contribution is 2.02. The van der Waals surface area contributed by atoms with Gasteiger partial charge in [0.2, 0.25) is 0 Å². The average molecular weight is 317 g/mol. The van der Waals surface area contributed by atoms with E-state index in [2.05, 4.69) is 5.32 Å². The highest BCUT2D eigenvalue weighted by Gasteiger charge is 2.12. The molecule has 0 saturated heterocycles. The number of aromatic nitrogens is 2. The molecular formula is C15H15N3O5. The first-order valence-corrected chi connectivity index (χ1v) is 6.69. The summed E-state index contributed by atoms with van der Waals surface area (Å²) in [4.78, 5) is 46.8. The Balaban J connectivity index is 2.02. The van der Waals surface area contributed by atoms with Gasteiger partial charge in [-0.05, 0) is 12.1 Å². The molecule has 0 aliphatic rings. The Morgan fingerprint density at radius 2 is 1.74 bits per heavy atom. The first kappa shape index (κ1) is 16.2. The molecule has 1 heterocycles. The van der Waals surface area contributed by atoms with Crippen molar-refractivity contribution in [2.45, 2.75) is 0 Å². The SMILES string of the molecule is Cn1c(NC(=O)COC(=O)c2ccccc2)cc(=O)n(C)c1=O. The Morgan fingerprint density at radius 1 is 1.09 bits per heavy atom. The molecule has 0 saturated carbocycles. The summed E-state index contributed by atoms with van der Waals surface area (Å²) in [6.45, 7) is -0.531. The van der Waals surface area contributed by atoms with E-state index in [9.17, 15) is 19.2 Å². The minimum absolute atomic E-state index is 0.0267. The molecular weight excluding hydrogens is 302 g/mol. The number of benzene rings is 1. The second-order valence-electron chi connectivity index (χ2n) is 4.76. The van der Waals surface area contributed by atoms with Crippen LogP contribution in [0.15, 0.2) is 46.0 Å². The molecule has 8 heteroatoms. The summed E-state index contributed by atoms with van der Waals surface area (Å²) in [6, 6.07) is 9.33. The van der Waals surface area contributed by atoms with Crippen LogP contribution in [0.5, 0.6) is 0 Å². The van der Waals surface area contributed by atoms with Gasteiger partial charge in [0.05, 0.1) is 5.56 Å². The van der Waals surface area contributed by atoms with Crippen molar-refractivity contribution < 1.29 is 14.3 Å². The van der Waals surface area contributed by atoms with E-state index in [0.717, 1.165) is 15.2 Å². The molecule has 0 unspecified atom stereocenters. The van der Waals surface area contributed by atoms with Crippen molar-refractivity contribution in [3.63, 3.8) is 0 Å². The fourth-order valence-electron chi connectivity index (χ4n) is 1.82. The Labute approximate surface area is 130 Å². The fourth-order valence-corrected chi connectivity index (χ4v) is 1.82. The van der Waals surface area contributed by atoms with Gasteiger partial charge in [-0.15, -0.1) is 0 Å². The molecule has 1 N–H and O–H groups in total. The molecule has 0 aliphatic carbocycles. The minimum Gasteiger partial charge on any atom is -0.452 e. The Kier molecular flexibility index (Phi) is 4.75. The smallest absolute Gasteiger partial charge is 0.338 e. The molecule has 0 atom stereocenters. The number of carbonyl (C=O) groups is 2. The molecule has 8 nitrogen and oxygen atoms in total. The second kappa shape index (κ2) is 6.73. The Bertz CT molecular complexity index is 852. The highest BCUT2D eigenvalue weighted by atomic mass is 16.5. The van der Waals surface area contributed by atoms with Crippen LogP contribution in [0.25, 0.3) is 0 Å². The second-order valence-corrected chi connectivity index (χ2v) is 4.76. The summed E-state index contributed by atoms with van der Waals surface area (Å²) in [5, 5.41) is 2.36. The zero-order valence-corrected chi connectivity index (χ0v) is 12.6. The van der Waals surface area contributed by atoms with Gasteiger partial charge in [-0.2, -0.15) is 0 Å². The van der Waals surface area contributed by atoms with E-state index >= 15 is 0 Å². The number of amides is 1. The summed E-state index contributed by atoms with van der Waals surface area (Å²) in [5.41, 5.74) is -0.806. The summed E-state index contributed by atoms with van der Waals surface area (Å²) in [5.74, 6) is -1.27. The number of hydrogen-bond acceptors (Lipinski definition) is 5. The van der Waals surface area contributed by atoms with Gasteiger partial charge >= 0.3 is 11.7 Å². The molecule has 2 aromatic rings. The van der Waals surface area contributed by atoms with Crippen molar-refractivity contribution in [2.75, 3.05) is 11.9 Å². The molecule has 0 fully saturated rings. The third kappa shape index (κ3) is 3.73. The molecule has 0 bridgehead atoms. The quantitative estimate of drug-likeness (QED) is 0.793. The fraction of sp³-hybridized carbons (Fsp3) is 0.200. The van der Waals surface area contributed by atoms with Gasteiger partial charge in [-0.3, -0.25) is 18.7 Å². The van der Waals surface area contributed by atoms with E-state index in [1.165, 1.54) is 14.1 Å². The number of hydrogen-bond donors (Lipinski definition) is 1. The highest BCUT2D eigenvalue weighted by molar-refractivity contribution is 5.95. The van der Waals surface area contributed by atoms with Gasteiger partial charge < -0.3 is 10.1 Å². The monoisotopic (exact) mass is 317 g/mol. The van der Waals surface area contributed by atoms with Crippen LogP contribution in [0.1, 0.15) is 10.4 Å². The molecule has 23 heavy (non-hydrogen) atoms. The third-order valence-electron chi connectivity index (χ3n) is 3.14. The largest absolute Gasteiger partial charge is 0.452 e. The van der Waals surface area contributed by atoms with Gasteiger partial charge in [0.1, 0.15) is 5.82 Å².